The van der Waals surface area contributed by atoms with Gasteiger partial charge in [0, 0.05) is 12.8 Å². The highest BCUT2D eigenvalue weighted by Gasteiger charge is 2.60. The van der Waals surface area contributed by atoms with Crippen molar-refractivity contribution in [1.82, 2.24) is 68.5 Å². The lowest BCUT2D eigenvalue weighted by Gasteiger charge is -2.23. The predicted molar refractivity (Wildman–Crippen MR) is 427 cm³/mol. The Morgan fingerprint density at radius 2 is 0.554 bits per heavy atom. The standard InChI is InChI=1S/C16H22N6O2.C14H19N7O.C14H18N6O2.C13H20N4O2.C13H19N4O2.C12H18N4O2.5BrH.10ClH/c1-17-6-9-20(12-17)16(5-4-15(23)24,21-10-7-18(2)13-21)22-11-8-19(3)14-22;1-16-4-7-19(10-16)14(13(15)22,20-8-5-17(2)11-20)21-9-6-18(3)12-21;1-15-4-7-18(10-15)14(13(21)22,19-8-5-16(2)11-19)20-9-6-17(3)12-20;1-14-4-6-16(10-14)8-12(13(18)19-3)9-17-7-5-15(2)11-17;1-14-6-8-16(10-14)12(4-3-5-13(18)19)17-9-7-15(2)11-17;1-4-18-12(17)11(15-7-5-13(2)9-15)16-8-6-14(3)10-16;;;;;;;;;;;;;;;/h6-14H,4-5H2,1-3H3;4-12H,1-3H3,(H-,15,22);4-12H,1-3H3;4-7,10-12H,8-9H2,1-3H3;6-12H,3-5H2,1-2H3;5-11H,4H2,1-3H3;15*1H/q4*+2;+1;+2;;;;;;;;;;;;;;;/p-11. The Kier molecular flexibility index (Phi) is 64.4. The van der Waals surface area contributed by atoms with E-state index in [0.29, 0.717) is 32.5 Å². The molecule has 15 aromatic heterocycles. The zero-order valence-electron chi connectivity index (χ0n) is 79.1. The molecule has 15 aromatic rings. The van der Waals surface area contributed by atoms with E-state index in [1.54, 1.807) is 71.9 Å². The number of primary amides is 1. The van der Waals surface area contributed by atoms with E-state index in [4.69, 9.17) is 20.3 Å². The van der Waals surface area contributed by atoms with E-state index in [1.807, 2.05) is 449 Å². The summed E-state index contributed by atoms with van der Waals surface area (Å²) < 4.78 is 66.8. The summed E-state index contributed by atoms with van der Waals surface area (Å²) in [6.45, 7) is 3.39. The highest BCUT2D eigenvalue weighted by molar-refractivity contribution is 5.82. The Hall–Kier alpha value is -9.73. The summed E-state index contributed by atoms with van der Waals surface area (Å²) in [5.74, 6) is -7.11. The normalized spacial score (nSPS) is 10.2. The van der Waals surface area contributed by atoms with Crippen molar-refractivity contribution < 1.29 is 331 Å². The summed E-state index contributed by atoms with van der Waals surface area (Å²) in [5, 5.41) is 28.2. The number of halogens is 15. The molecule has 15 rings (SSSR count). The molecule has 1 amide bonds. The van der Waals surface area contributed by atoms with E-state index in [2.05, 4.69) is 9.13 Å². The van der Waals surface area contributed by atoms with Crippen LogP contribution in [0.4, 0.5) is 0 Å². The molecular formula is C82H120Br5Cl10N31O11. The molecule has 0 radical (unpaired) electrons. The Labute approximate surface area is 921 Å². The van der Waals surface area contributed by atoms with Crippen LogP contribution < -0.4 is 283 Å². The SMILES string of the molecule is CCOC(=O)C(n1cc[n+](C)c1)n1cc[n+](C)c1.COC(=O)C(Cn1cc[n+](C)c1)Cn1cc[n+](C)c1.C[n+]1ccn(C(C(=O)O)(n2cc[n+](C)c2)n2cc[n+](C)c2)c1.C[n+]1ccn(C(C(N)=O)(n2cc[n+](C)c2)n2cc[n+](C)c2)c1.C[n+]1ccn(C(CCC(=O)O)(n2cc[n+](C)c2)n2cc[n+](C)c2)c1.C[n+]1ccn(C(CCCC(=O)O)n2cc[n+](C)c2)c1.[Br-].[Br-].[Br-].[Br-].[Br-].[Cl-].[Cl-].[Cl-].[Cl-].[Cl-].[Cl-].[Cl-].[Cl-].[Cl-].[Cl-]. The molecule has 0 aliphatic carbocycles. The number of amides is 1. The van der Waals surface area contributed by atoms with Gasteiger partial charge in [0.1, 0.15) is 205 Å². The number of aryl methyl sites for hydroxylation is 15. The van der Waals surface area contributed by atoms with Crippen LogP contribution in [0.5, 0.6) is 0 Å². The number of carboxylic acids is 3. The molecule has 0 spiro atoms. The maximum atomic E-state index is 12.6. The second-order valence-electron chi connectivity index (χ2n) is 30.8. The van der Waals surface area contributed by atoms with Gasteiger partial charge in [-0.25, -0.2) is 87.2 Å². The third-order valence-corrected chi connectivity index (χ3v) is 20.4. The maximum Gasteiger partial charge on any atom is 0.502 e. The Bertz CT molecular complexity index is 5550. The number of ether oxygens (including phenoxy) is 2. The first-order valence-electron chi connectivity index (χ1n) is 39.7. The van der Waals surface area contributed by atoms with Crippen LogP contribution in [0.1, 0.15) is 51.4 Å². The van der Waals surface area contributed by atoms with Gasteiger partial charge in [-0.05, 0) is 13.3 Å². The number of nitrogens with two attached hydrogens (primary N) is 1. The van der Waals surface area contributed by atoms with Gasteiger partial charge in [-0.3, -0.25) is 19.2 Å². The molecule has 0 bridgehead atoms. The van der Waals surface area contributed by atoms with Crippen molar-refractivity contribution in [3.63, 3.8) is 0 Å². The van der Waals surface area contributed by atoms with Gasteiger partial charge < -0.3 is 240 Å². The summed E-state index contributed by atoms with van der Waals surface area (Å²) in [6.07, 6.45) is 86.6. The number of imidazole rings is 15. The van der Waals surface area contributed by atoms with Crippen LogP contribution in [0, 0.1) is 5.92 Å². The number of carbonyl (C=O) groups excluding carboxylic acids is 3. The first-order valence-corrected chi connectivity index (χ1v) is 39.7. The fraction of sp³-hybridized carbons (Fsp3) is 0.378. The van der Waals surface area contributed by atoms with E-state index in [-0.39, 0.29) is 246 Å². The number of nitrogens with zero attached hydrogens (tertiary/aromatic N) is 30. The van der Waals surface area contributed by atoms with E-state index < -0.39 is 47.3 Å². The van der Waals surface area contributed by atoms with Crippen molar-refractivity contribution >= 4 is 35.8 Å². The second-order valence-corrected chi connectivity index (χ2v) is 30.8. The van der Waals surface area contributed by atoms with Crippen LogP contribution in [-0.4, -0.2) is 133 Å². The highest BCUT2D eigenvalue weighted by Crippen LogP contribution is 2.28. The number of rotatable bonds is 29. The van der Waals surface area contributed by atoms with E-state index >= 15 is 0 Å². The molecule has 0 fully saturated rings. The topological polar surface area (TPSA) is 340 Å². The van der Waals surface area contributed by atoms with Crippen molar-refractivity contribution in [1.29, 1.82) is 0 Å². The number of aliphatic carboxylic acids is 3. The van der Waals surface area contributed by atoms with Gasteiger partial charge in [0.15, 0.2) is 0 Å². The number of aromatic nitrogens is 30. The molecular weight excluding hydrogens is 2350 g/mol. The number of hydrogen-bond donors (Lipinski definition) is 4. The number of hydrogen-bond acceptors (Lipinski definition) is 8. The molecule has 0 saturated heterocycles. The summed E-state index contributed by atoms with van der Waals surface area (Å²) in [5.41, 5.74) is 5.87. The highest BCUT2D eigenvalue weighted by atomic mass is 79.9. The van der Waals surface area contributed by atoms with Crippen LogP contribution in [-0.2, 0) is 174 Å². The van der Waals surface area contributed by atoms with Gasteiger partial charge in [-0.1, -0.05) is 0 Å². The van der Waals surface area contributed by atoms with Crippen molar-refractivity contribution in [3.8, 4) is 0 Å². The van der Waals surface area contributed by atoms with Gasteiger partial charge in [0.05, 0.1) is 132 Å². The van der Waals surface area contributed by atoms with Gasteiger partial charge in [-0.15, -0.1) is 27.4 Å². The molecule has 0 aliphatic heterocycles. The molecule has 0 aromatic carbocycles. The molecule has 5 N–H and O–H groups in total. The van der Waals surface area contributed by atoms with E-state index in [0.717, 1.165) is 6.42 Å². The number of methoxy groups -OCH3 is 1. The third kappa shape index (κ3) is 35.4. The zero-order valence-corrected chi connectivity index (χ0v) is 94.6. The summed E-state index contributed by atoms with van der Waals surface area (Å²) >= 11 is 0. The molecule has 139 heavy (non-hydrogen) atoms. The van der Waals surface area contributed by atoms with Crippen LogP contribution in [0.2, 0.25) is 0 Å². The van der Waals surface area contributed by atoms with Crippen molar-refractivity contribution in [2.45, 2.75) is 81.8 Å². The van der Waals surface area contributed by atoms with Crippen molar-refractivity contribution in [3.05, 3.63) is 281 Å². The van der Waals surface area contributed by atoms with Crippen molar-refractivity contribution in [2.24, 2.45) is 117 Å². The number of carboxylic acid groups (broad SMARTS) is 3. The summed E-state index contributed by atoms with van der Waals surface area (Å²) in [7, 11) is 30.2. The molecule has 0 saturated carbocycles. The maximum absolute atomic E-state index is 12.6. The average Bonchev–Trinajstić information content (AvgIpc) is 1.60. The second kappa shape index (κ2) is 63.9. The van der Waals surface area contributed by atoms with Crippen LogP contribution in [0.25, 0.3) is 0 Å². The molecule has 0 unspecified atom stereocenters. The molecule has 0 aliphatic rings. The van der Waals surface area contributed by atoms with Gasteiger partial charge in [-0.2, -0.15) is 32.0 Å². The Morgan fingerprint density at radius 3 is 0.763 bits per heavy atom. The van der Waals surface area contributed by atoms with Crippen LogP contribution >= 0.6 is 0 Å². The lowest BCUT2D eigenvalue weighted by molar-refractivity contribution is -0.674. The zero-order chi connectivity index (χ0) is 89.9. The summed E-state index contributed by atoms with van der Waals surface area (Å²) in [4.78, 5) is 70.8. The molecule has 15 heterocycles. The predicted octanol–water partition coefficient (Wildman–Crippen LogP) is -50.5. The smallest absolute Gasteiger partial charge is 0.502 e. The minimum Gasteiger partial charge on any atom is -1.00 e. The quantitative estimate of drug-likeness (QED) is 0.0252. The van der Waals surface area contributed by atoms with Crippen molar-refractivity contribution in [2.75, 3.05) is 13.7 Å². The monoisotopic (exact) mass is 2460 g/mol. The third-order valence-electron chi connectivity index (χ3n) is 20.4. The minimum absolute atomic E-state index is 0. The minimum atomic E-state index is -1.45. The molecule has 774 valence electrons. The van der Waals surface area contributed by atoms with Gasteiger partial charge >= 0.3 is 59.3 Å². The Balaban J connectivity index is -0.000000375. The lowest BCUT2D eigenvalue weighted by Crippen LogP contribution is -3.00. The number of esters is 2. The Morgan fingerprint density at radius 1 is 0.317 bits per heavy atom. The lowest BCUT2D eigenvalue weighted by atomic mass is 10.1. The molecule has 0 atom stereocenters. The van der Waals surface area contributed by atoms with Gasteiger partial charge in [0.25, 0.3) is 56.9 Å². The van der Waals surface area contributed by atoms with E-state index in [9.17, 15) is 39.0 Å². The van der Waals surface area contributed by atoms with E-state index in [1.165, 1.54) is 7.11 Å². The fourth-order valence-corrected chi connectivity index (χ4v) is 14.5. The first kappa shape index (κ1) is 140. The molecule has 57 heteroatoms. The van der Waals surface area contributed by atoms with Crippen LogP contribution in [0.3, 0.4) is 0 Å². The van der Waals surface area contributed by atoms with Crippen LogP contribution in [0.15, 0.2) is 281 Å². The molecule has 42 nitrogen and oxygen atoms in total. The largest absolute Gasteiger partial charge is 1.00 e. The average molecular weight is 2470 g/mol. The number of carbonyl (C=O) groups is 6. The first-order chi connectivity index (χ1) is 59.0. The summed E-state index contributed by atoms with van der Waals surface area (Å²) in [6, 6.07) is 0. The van der Waals surface area contributed by atoms with Gasteiger partial charge in [0.2, 0.25) is 44.1 Å². The fourth-order valence-electron chi connectivity index (χ4n) is 14.5.